The van der Waals surface area contributed by atoms with Crippen molar-refractivity contribution in [3.05, 3.63) is 53.1 Å². The molecule has 1 N–H and O–H groups in total. The number of benzene rings is 2. The van der Waals surface area contributed by atoms with Crippen LogP contribution in [0.4, 0.5) is 5.69 Å². The zero-order chi connectivity index (χ0) is 18.2. The van der Waals surface area contributed by atoms with Gasteiger partial charge in [0.25, 0.3) is 5.91 Å². The summed E-state index contributed by atoms with van der Waals surface area (Å²) in [4.78, 5) is 16.9. The Morgan fingerprint density at radius 2 is 1.80 bits per heavy atom. The maximum Gasteiger partial charge on any atom is 0.265 e. The first-order valence-electron chi connectivity index (χ1n) is 7.78. The van der Waals surface area contributed by atoms with Gasteiger partial charge in [-0.15, -0.1) is 0 Å². The van der Waals surface area contributed by atoms with Crippen LogP contribution >= 0.6 is 0 Å². The maximum absolute atomic E-state index is 11.9. The van der Waals surface area contributed by atoms with Crippen molar-refractivity contribution in [2.24, 2.45) is 5.16 Å². The largest absolute Gasteiger partial charge is 0.493 e. The number of amides is 1. The number of methoxy groups -OCH3 is 2. The molecule has 6 nitrogen and oxygen atoms in total. The minimum atomic E-state index is -0.271. The molecule has 0 aliphatic heterocycles. The van der Waals surface area contributed by atoms with Crippen LogP contribution in [0.2, 0.25) is 0 Å². The minimum Gasteiger partial charge on any atom is -0.493 e. The SMILES string of the molecule is COc1ccc(/C=N/OCC(=O)Nc2ccc(C)c(C)c2)cc1OC. The third-order valence-corrected chi connectivity index (χ3v) is 3.67. The molecule has 0 atom stereocenters. The molecule has 2 rings (SSSR count). The summed E-state index contributed by atoms with van der Waals surface area (Å²) in [7, 11) is 3.13. The van der Waals surface area contributed by atoms with E-state index in [0.29, 0.717) is 11.5 Å². The van der Waals surface area contributed by atoms with Gasteiger partial charge in [0.1, 0.15) is 0 Å². The highest BCUT2D eigenvalue weighted by Crippen LogP contribution is 2.26. The zero-order valence-electron chi connectivity index (χ0n) is 14.8. The molecular formula is C19H22N2O4. The molecule has 0 aliphatic carbocycles. The molecule has 0 heterocycles. The topological polar surface area (TPSA) is 69.2 Å². The van der Waals surface area contributed by atoms with Crippen LogP contribution in [0.1, 0.15) is 16.7 Å². The predicted molar refractivity (Wildman–Crippen MR) is 97.6 cm³/mol. The monoisotopic (exact) mass is 342 g/mol. The van der Waals surface area contributed by atoms with Gasteiger partial charge in [-0.25, -0.2) is 0 Å². The van der Waals surface area contributed by atoms with Gasteiger partial charge in [0, 0.05) is 11.3 Å². The van der Waals surface area contributed by atoms with Crippen LogP contribution in [0.5, 0.6) is 11.5 Å². The van der Waals surface area contributed by atoms with E-state index in [4.69, 9.17) is 14.3 Å². The molecule has 0 aliphatic rings. The summed E-state index contributed by atoms with van der Waals surface area (Å²) in [5.74, 6) is 0.958. The molecule has 1 amide bonds. The second kappa shape index (κ2) is 8.73. The molecule has 0 radical (unpaired) electrons. The minimum absolute atomic E-state index is 0.170. The maximum atomic E-state index is 11.9. The first kappa shape index (κ1) is 18.3. The molecule has 2 aromatic carbocycles. The van der Waals surface area contributed by atoms with Crippen LogP contribution in [0.3, 0.4) is 0 Å². The number of anilines is 1. The first-order valence-corrected chi connectivity index (χ1v) is 7.78. The van der Waals surface area contributed by atoms with Crippen molar-refractivity contribution in [2.75, 3.05) is 26.1 Å². The number of aryl methyl sites for hydroxylation is 2. The van der Waals surface area contributed by atoms with Crippen LogP contribution in [-0.4, -0.2) is 32.9 Å². The molecule has 6 heteroatoms. The lowest BCUT2D eigenvalue weighted by Crippen LogP contribution is -2.17. The van der Waals surface area contributed by atoms with Crippen molar-refractivity contribution in [1.82, 2.24) is 0 Å². The average molecular weight is 342 g/mol. The lowest BCUT2D eigenvalue weighted by atomic mass is 10.1. The second-order valence-corrected chi connectivity index (χ2v) is 5.47. The van der Waals surface area contributed by atoms with E-state index < -0.39 is 0 Å². The molecule has 0 fully saturated rings. The summed E-state index contributed by atoms with van der Waals surface area (Å²) in [5.41, 5.74) is 3.80. The molecule has 0 unspecified atom stereocenters. The molecule has 25 heavy (non-hydrogen) atoms. The molecule has 132 valence electrons. The van der Waals surface area contributed by atoms with E-state index in [1.54, 1.807) is 26.4 Å². The molecule has 0 bridgehead atoms. The normalized spacial score (nSPS) is 10.6. The van der Waals surface area contributed by atoms with Crippen LogP contribution in [0.15, 0.2) is 41.6 Å². The van der Waals surface area contributed by atoms with E-state index in [9.17, 15) is 4.79 Å². The van der Waals surface area contributed by atoms with Gasteiger partial charge in [0.2, 0.25) is 0 Å². The number of nitrogens with zero attached hydrogens (tertiary/aromatic N) is 1. The lowest BCUT2D eigenvalue weighted by molar-refractivity contribution is -0.120. The number of carbonyl (C=O) groups excluding carboxylic acids is 1. The lowest BCUT2D eigenvalue weighted by Gasteiger charge is -2.08. The number of nitrogens with one attached hydrogen (secondary N) is 1. The third-order valence-electron chi connectivity index (χ3n) is 3.67. The summed E-state index contributed by atoms with van der Waals surface area (Å²) in [6, 6.07) is 11.1. The highest BCUT2D eigenvalue weighted by Gasteiger charge is 2.05. The summed E-state index contributed by atoms with van der Waals surface area (Å²) in [6.07, 6.45) is 1.51. The van der Waals surface area contributed by atoms with Crippen molar-refractivity contribution >= 4 is 17.8 Å². The average Bonchev–Trinajstić information content (AvgIpc) is 2.61. The Labute approximate surface area is 147 Å². The molecular weight excluding hydrogens is 320 g/mol. The van der Waals surface area contributed by atoms with Gasteiger partial charge >= 0.3 is 0 Å². The number of rotatable bonds is 7. The van der Waals surface area contributed by atoms with E-state index in [2.05, 4.69) is 10.5 Å². The second-order valence-electron chi connectivity index (χ2n) is 5.47. The fourth-order valence-electron chi connectivity index (χ4n) is 2.14. The third kappa shape index (κ3) is 5.24. The van der Waals surface area contributed by atoms with Crippen molar-refractivity contribution in [3.8, 4) is 11.5 Å². The van der Waals surface area contributed by atoms with Gasteiger partial charge in [-0.05, 0) is 55.3 Å². The molecule has 2 aromatic rings. The van der Waals surface area contributed by atoms with E-state index >= 15 is 0 Å². The van der Waals surface area contributed by atoms with E-state index in [1.807, 2.05) is 38.1 Å². The van der Waals surface area contributed by atoms with Gasteiger partial charge in [-0.2, -0.15) is 0 Å². The zero-order valence-corrected chi connectivity index (χ0v) is 14.8. The van der Waals surface area contributed by atoms with Crippen LogP contribution < -0.4 is 14.8 Å². The molecule has 0 spiro atoms. The Balaban J connectivity index is 1.86. The van der Waals surface area contributed by atoms with Crippen molar-refractivity contribution in [2.45, 2.75) is 13.8 Å². The van der Waals surface area contributed by atoms with Gasteiger partial charge in [0.15, 0.2) is 18.1 Å². The Morgan fingerprint density at radius 3 is 2.48 bits per heavy atom. The Morgan fingerprint density at radius 1 is 1.04 bits per heavy atom. The number of hydrogen-bond donors (Lipinski definition) is 1. The highest BCUT2D eigenvalue weighted by molar-refractivity contribution is 5.91. The van der Waals surface area contributed by atoms with Crippen molar-refractivity contribution in [1.29, 1.82) is 0 Å². The first-order chi connectivity index (χ1) is 12.0. The summed E-state index contributed by atoms with van der Waals surface area (Å²) >= 11 is 0. The molecule has 0 saturated heterocycles. The Kier molecular flexibility index (Phi) is 6.39. The fraction of sp³-hybridized carbons (Fsp3) is 0.263. The fourth-order valence-corrected chi connectivity index (χ4v) is 2.14. The number of oxime groups is 1. The molecule has 0 aromatic heterocycles. The number of ether oxygens (including phenoxy) is 2. The smallest absolute Gasteiger partial charge is 0.265 e. The van der Waals surface area contributed by atoms with Gasteiger partial charge in [-0.3, -0.25) is 4.79 Å². The Bertz CT molecular complexity index is 772. The summed E-state index contributed by atoms with van der Waals surface area (Å²) in [5, 5.41) is 6.57. The van der Waals surface area contributed by atoms with Crippen molar-refractivity contribution < 1.29 is 19.1 Å². The number of carbonyl (C=O) groups is 1. The van der Waals surface area contributed by atoms with E-state index in [-0.39, 0.29) is 12.5 Å². The van der Waals surface area contributed by atoms with E-state index in [1.165, 1.54) is 11.8 Å². The van der Waals surface area contributed by atoms with Crippen LogP contribution in [0.25, 0.3) is 0 Å². The van der Waals surface area contributed by atoms with Gasteiger partial charge in [0.05, 0.1) is 20.4 Å². The molecule has 0 saturated carbocycles. The highest BCUT2D eigenvalue weighted by atomic mass is 16.6. The van der Waals surface area contributed by atoms with E-state index in [0.717, 1.165) is 16.8 Å². The predicted octanol–water partition coefficient (Wildman–Crippen LogP) is 3.31. The summed E-state index contributed by atoms with van der Waals surface area (Å²) < 4.78 is 10.4. The van der Waals surface area contributed by atoms with Crippen molar-refractivity contribution in [3.63, 3.8) is 0 Å². The van der Waals surface area contributed by atoms with Gasteiger partial charge < -0.3 is 19.6 Å². The van der Waals surface area contributed by atoms with Crippen LogP contribution in [0, 0.1) is 13.8 Å². The Hall–Kier alpha value is -3.02. The summed E-state index contributed by atoms with van der Waals surface area (Å²) in [6.45, 7) is 3.85. The quantitative estimate of drug-likeness (QED) is 0.619. The van der Waals surface area contributed by atoms with Gasteiger partial charge in [-0.1, -0.05) is 11.2 Å². The van der Waals surface area contributed by atoms with Crippen LogP contribution in [-0.2, 0) is 9.63 Å². The standard InChI is InChI=1S/C19H22N2O4/c1-13-5-7-16(9-14(13)2)21-19(22)12-25-20-11-15-6-8-17(23-3)18(10-15)24-4/h5-11H,12H2,1-4H3,(H,21,22)/b20-11+. The number of hydrogen-bond acceptors (Lipinski definition) is 5.